The van der Waals surface area contributed by atoms with Gasteiger partial charge in [-0.3, -0.25) is 9.36 Å². The molecule has 5 aromatic rings. The topological polar surface area (TPSA) is 131 Å². The van der Waals surface area contributed by atoms with Gasteiger partial charge >= 0.3 is 5.69 Å². The molecule has 224 valence electrons. The monoisotopic (exact) mass is 595 g/mol. The number of imidazole rings is 1. The lowest BCUT2D eigenvalue weighted by Gasteiger charge is -2.38. The number of aromatic nitrogens is 4. The Bertz CT molecular complexity index is 1940. The van der Waals surface area contributed by atoms with Gasteiger partial charge in [-0.25, -0.2) is 23.7 Å². The number of anilines is 2. The summed E-state index contributed by atoms with van der Waals surface area (Å²) in [5.41, 5.74) is 7.86. The van der Waals surface area contributed by atoms with E-state index in [1.54, 1.807) is 80.8 Å². The van der Waals surface area contributed by atoms with Gasteiger partial charge in [-0.15, -0.1) is 0 Å². The second-order valence-electron chi connectivity index (χ2n) is 10.8. The zero-order chi connectivity index (χ0) is 31.0. The van der Waals surface area contributed by atoms with Crippen molar-refractivity contribution < 1.29 is 18.6 Å². The molecular weight excluding hydrogens is 565 g/mol. The molecule has 1 aliphatic rings. The molecule has 1 atom stereocenters. The average Bonchev–Trinajstić information content (AvgIpc) is 3.82. The molecule has 2 aromatic heterocycles. The molecule has 0 saturated heterocycles. The van der Waals surface area contributed by atoms with Crippen molar-refractivity contribution in [3.8, 4) is 22.9 Å². The zero-order valence-corrected chi connectivity index (χ0v) is 24.1. The number of halogens is 1. The maximum atomic E-state index is 14.0. The van der Waals surface area contributed by atoms with Crippen molar-refractivity contribution in [2.24, 2.45) is 0 Å². The quantitative estimate of drug-likeness (QED) is 0.148. The van der Waals surface area contributed by atoms with Gasteiger partial charge in [0.25, 0.3) is 5.91 Å². The van der Waals surface area contributed by atoms with E-state index in [0.717, 1.165) is 12.8 Å². The standard InChI is InChI=1S/C32H30FN7O4/c1-37(28(41)10-5-17-40(2,43)25-13-14-25)23-7-4-8-24(19-23)39-31-29(30(34)35-20-36-31)38(32(39)42)22-11-15-26(16-12-22)44-27-9-3-6-21(33)18-27/h3-12,15-16,18-20,25H,13-14,17H2,1-2H3,(H2,34,35,36)/b10-5+. The number of hydrogen-bond acceptors (Lipinski definition) is 7. The van der Waals surface area contributed by atoms with Crippen LogP contribution in [0.3, 0.4) is 0 Å². The number of nitrogen functional groups attached to an aromatic ring is 1. The fourth-order valence-corrected chi connectivity index (χ4v) is 5.06. The first kappa shape index (κ1) is 28.8. The third kappa shape index (κ3) is 5.68. The molecular formula is C32H30FN7O4. The molecule has 0 spiro atoms. The third-order valence-corrected chi connectivity index (χ3v) is 7.63. The van der Waals surface area contributed by atoms with Crippen LogP contribution >= 0.6 is 0 Å². The van der Waals surface area contributed by atoms with E-state index in [1.807, 2.05) is 0 Å². The number of likely N-dealkylation sites (N-methyl/N-ethyl adjacent to an activating group) is 2. The number of hydroxylamine groups is 3. The van der Waals surface area contributed by atoms with E-state index < -0.39 is 11.5 Å². The predicted octanol–water partition coefficient (Wildman–Crippen LogP) is 4.71. The molecule has 44 heavy (non-hydrogen) atoms. The third-order valence-electron chi connectivity index (χ3n) is 7.63. The van der Waals surface area contributed by atoms with E-state index in [4.69, 9.17) is 10.5 Å². The summed E-state index contributed by atoms with van der Waals surface area (Å²) in [6.45, 7) is 0.220. The molecule has 3 aromatic carbocycles. The fourth-order valence-electron chi connectivity index (χ4n) is 5.06. The summed E-state index contributed by atoms with van der Waals surface area (Å²) in [4.78, 5) is 36.8. The van der Waals surface area contributed by atoms with Crippen molar-refractivity contribution in [1.29, 1.82) is 0 Å². The van der Waals surface area contributed by atoms with Gasteiger partial charge in [-0.05, 0) is 60.7 Å². The number of nitrogens with zero attached hydrogens (tertiary/aromatic N) is 6. The number of quaternary nitrogens is 1. The molecule has 0 radical (unpaired) electrons. The first-order valence-corrected chi connectivity index (χ1v) is 14.0. The Hall–Kier alpha value is -5.33. The second-order valence-corrected chi connectivity index (χ2v) is 10.8. The summed E-state index contributed by atoms with van der Waals surface area (Å²) in [6, 6.07) is 19.5. The molecule has 1 unspecified atom stereocenters. The molecule has 1 fully saturated rings. The largest absolute Gasteiger partial charge is 0.633 e. The number of nitrogens with two attached hydrogens (primary N) is 1. The van der Waals surface area contributed by atoms with Crippen molar-refractivity contribution in [3.05, 3.63) is 113 Å². The summed E-state index contributed by atoms with van der Waals surface area (Å²) in [5, 5.41) is 12.5. The van der Waals surface area contributed by atoms with Crippen LogP contribution in [0, 0.1) is 11.0 Å². The minimum Gasteiger partial charge on any atom is -0.633 e. The number of carbonyl (C=O) groups is 1. The Morgan fingerprint density at radius 2 is 1.82 bits per heavy atom. The van der Waals surface area contributed by atoms with Gasteiger partial charge in [0.15, 0.2) is 11.5 Å². The van der Waals surface area contributed by atoms with Crippen LogP contribution in [0.2, 0.25) is 0 Å². The molecule has 2 N–H and O–H groups in total. The first-order chi connectivity index (χ1) is 21.1. The Morgan fingerprint density at radius 3 is 2.55 bits per heavy atom. The smallest absolute Gasteiger partial charge is 0.339 e. The van der Waals surface area contributed by atoms with E-state index in [2.05, 4.69) is 9.97 Å². The van der Waals surface area contributed by atoms with Crippen LogP contribution in [0.25, 0.3) is 22.5 Å². The molecule has 0 bridgehead atoms. The minimum atomic E-state index is -0.454. The van der Waals surface area contributed by atoms with Crippen molar-refractivity contribution in [2.45, 2.75) is 18.9 Å². The Balaban J connectivity index is 1.32. The maximum Gasteiger partial charge on any atom is 0.339 e. The lowest BCUT2D eigenvalue weighted by molar-refractivity contribution is -0.865. The van der Waals surface area contributed by atoms with Crippen molar-refractivity contribution in [1.82, 2.24) is 19.1 Å². The summed E-state index contributed by atoms with van der Waals surface area (Å²) in [5.74, 6) is 0.167. The molecule has 2 heterocycles. The minimum absolute atomic E-state index is 0.106. The lowest BCUT2D eigenvalue weighted by Crippen LogP contribution is -2.40. The van der Waals surface area contributed by atoms with E-state index in [1.165, 1.54) is 38.6 Å². The highest BCUT2D eigenvalue weighted by molar-refractivity contribution is 6.01. The summed E-state index contributed by atoms with van der Waals surface area (Å²) in [6.07, 6.45) is 6.12. The Morgan fingerprint density at radius 1 is 1.07 bits per heavy atom. The second kappa shape index (κ2) is 11.4. The fraction of sp³-hybridized carbons (Fsp3) is 0.188. The molecule has 12 heteroatoms. The van der Waals surface area contributed by atoms with Gasteiger partial charge in [-0.1, -0.05) is 12.1 Å². The molecule has 11 nitrogen and oxygen atoms in total. The van der Waals surface area contributed by atoms with Gasteiger partial charge < -0.3 is 25.2 Å². The molecule has 0 aliphatic heterocycles. The first-order valence-electron chi connectivity index (χ1n) is 14.0. The highest BCUT2D eigenvalue weighted by atomic mass is 19.1. The number of hydrogen-bond donors (Lipinski definition) is 1. The van der Waals surface area contributed by atoms with Crippen molar-refractivity contribution in [2.75, 3.05) is 31.3 Å². The van der Waals surface area contributed by atoms with E-state index in [0.29, 0.717) is 34.1 Å². The molecule has 6 rings (SSSR count). The van der Waals surface area contributed by atoms with Crippen LogP contribution in [0.15, 0.2) is 96.1 Å². The number of rotatable bonds is 9. The van der Waals surface area contributed by atoms with Gasteiger partial charge in [0.2, 0.25) is 0 Å². The number of amides is 1. The highest BCUT2D eigenvalue weighted by Crippen LogP contribution is 2.31. The number of carbonyl (C=O) groups excluding carboxylic acids is 1. The average molecular weight is 596 g/mol. The highest BCUT2D eigenvalue weighted by Gasteiger charge is 2.34. The number of benzene rings is 3. The van der Waals surface area contributed by atoms with Crippen molar-refractivity contribution in [3.63, 3.8) is 0 Å². The summed E-state index contributed by atoms with van der Waals surface area (Å²) < 4.78 is 21.7. The van der Waals surface area contributed by atoms with Crippen LogP contribution in [0.4, 0.5) is 15.9 Å². The SMILES string of the molecule is CN(C(=O)/C=C/C[N+](C)([O-])C1CC1)c1cccc(-n2c(=O)n(-c3ccc(Oc4cccc(F)c4)cc3)c3c(N)ncnc32)c1. The van der Waals surface area contributed by atoms with Gasteiger partial charge in [0.1, 0.15) is 29.2 Å². The molecule has 1 aliphatic carbocycles. The van der Waals surface area contributed by atoms with Crippen molar-refractivity contribution >= 4 is 28.6 Å². The maximum absolute atomic E-state index is 14.0. The Labute approximate surface area is 252 Å². The van der Waals surface area contributed by atoms with Crippen LogP contribution < -0.4 is 21.1 Å². The van der Waals surface area contributed by atoms with Crippen LogP contribution in [0.1, 0.15) is 12.8 Å². The van der Waals surface area contributed by atoms with E-state index in [9.17, 15) is 19.2 Å². The van der Waals surface area contributed by atoms with Gasteiger partial charge in [0.05, 0.1) is 31.0 Å². The van der Waals surface area contributed by atoms with Crippen LogP contribution in [-0.4, -0.2) is 56.3 Å². The van der Waals surface area contributed by atoms with Crippen LogP contribution in [-0.2, 0) is 4.79 Å². The van der Waals surface area contributed by atoms with E-state index in [-0.39, 0.29) is 34.6 Å². The predicted molar refractivity (Wildman–Crippen MR) is 165 cm³/mol. The van der Waals surface area contributed by atoms with Crippen LogP contribution in [0.5, 0.6) is 11.5 Å². The normalized spacial score (nSPS) is 14.5. The van der Waals surface area contributed by atoms with E-state index >= 15 is 0 Å². The zero-order valence-electron chi connectivity index (χ0n) is 24.1. The lowest BCUT2D eigenvalue weighted by atomic mass is 10.2. The Kier molecular flexibility index (Phi) is 7.45. The summed E-state index contributed by atoms with van der Waals surface area (Å²) >= 11 is 0. The molecule has 1 saturated carbocycles. The number of fused-ring (bicyclic) bond motifs is 1. The summed E-state index contributed by atoms with van der Waals surface area (Å²) in [7, 11) is 3.25. The van der Waals surface area contributed by atoms with Gasteiger partial charge in [0, 0.05) is 37.7 Å². The molecule has 1 amide bonds. The van der Waals surface area contributed by atoms with Gasteiger partial charge in [-0.2, -0.15) is 0 Å². The number of ether oxygens (including phenoxy) is 1.